The third-order valence-electron chi connectivity index (χ3n) is 10.9. The molecule has 258 valence electrons. The molecule has 1 atom stereocenters. The topological polar surface area (TPSA) is 37.4 Å². The molecule has 2 aliphatic heterocycles. The Labute approximate surface area is 298 Å². The second-order valence-electron chi connectivity index (χ2n) is 14.4. The van der Waals surface area contributed by atoms with Crippen LogP contribution in [0.25, 0.3) is 19.5 Å². The fraction of sp³-hybridized carbons (Fsp3) is 0.650. The summed E-state index contributed by atoms with van der Waals surface area (Å²) in [5.74, 6) is 0.263. The minimum Gasteiger partial charge on any atom is -0.274 e. The summed E-state index contributed by atoms with van der Waals surface area (Å²) in [6, 6.07) is 7.81. The molecule has 0 saturated carbocycles. The molecule has 0 radical (unpaired) electrons. The van der Waals surface area contributed by atoms with Crippen LogP contribution in [0, 0.1) is 19.8 Å². The van der Waals surface area contributed by atoms with Gasteiger partial charge in [0, 0.05) is 30.9 Å². The quantitative estimate of drug-likeness (QED) is 0.0627. The van der Waals surface area contributed by atoms with Crippen LogP contribution in [0.3, 0.4) is 0 Å². The van der Waals surface area contributed by atoms with Crippen molar-refractivity contribution >= 4 is 64.3 Å². The maximum absolute atomic E-state index is 14.1. The first-order valence-electron chi connectivity index (χ1n) is 19.1. The van der Waals surface area contributed by atoms with Crippen LogP contribution in [0.1, 0.15) is 161 Å². The van der Waals surface area contributed by atoms with Gasteiger partial charge in [-0.15, -0.1) is 34.0 Å². The summed E-state index contributed by atoms with van der Waals surface area (Å²) in [6.45, 7) is 13.9. The second kappa shape index (κ2) is 16.9. The van der Waals surface area contributed by atoms with Crippen molar-refractivity contribution in [3.63, 3.8) is 0 Å². The number of hydrogen-bond acceptors (Lipinski definition) is 5. The Kier molecular flexibility index (Phi) is 13.2. The van der Waals surface area contributed by atoms with Crippen LogP contribution in [0.2, 0.25) is 12.1 Å². The van der Waals surface area contributed by atoms with E-state index in [1.165, 1.54) is 109 Å². The fourth-order valence-corrected chi connectivity index (χ4v) is 18.8. The predicted octanol–water partition coefficient (Wildman–Crippen LogP) is 12.2. The van der Waals surface area contributed by atoms with Crippen LogP contribution >= 0.6 is 34.0 Å². The number of fused-ring (bicyclic) bond motifs is 4. The summed E-state index contributed by atoms with van der Waals surface area (Å²) in [4.78, 5) is 37.2. The Bertz CT molecular complexity index is 1500. The monoisotopic (exact) mass is 709 g/mol. The summed E-state index contributed by atoms with van der Waals surface area (Å²) in [6.07, 6.45) is 20.5. The number of aryl methyl sites for hydroxylation is 2. The third kappa shape index (κ3) is 7.63. The highest BCUT2D eigenvalue weighted by Crippen LogP contribution is 2.49. The van der Waals surface area contributed by atoms with Gasteiger partial charge in [-0.2, -0.15) is 0 Å². The molecule has 5 heterocycles. The van der Waals surface area contributed by atoms with Crippen molar-refractivity contribution in [2.45, 2.75) is 156 Å². The maximum Gasteiger partial charge on any atom is 0.263 e. The van der Waals surface area contributed by atoms with Gasteiger partial charge in [0.05, 0.1) is 16.0 Å². The number of carbonyl (C=O) groups is 2. The van der Waals surface area contributed by atoms with Gasteiger partial charge in [-0.1, -0.05) is 124 Å². The molecule has 0 spiro atoms. The molecule has 1 unspecified atom stereocenters. The van der Waals surface area contributed by atoms with E-state index in [4.69, 9.17) is 0 Å². The number of rotatable bonds is 21. The molecule has 3 nitrogen and oxygen atoms in total. The highest BCUT2D eigenvalue weighted by Gasteiger charge is 2.48. The van der Waals surface area contributed by atoms with E-state index in [-0.39, 0.29) is 11.8 Å². The van der Waals surface area contributed by atoms with Crippen LogP contribution in [-0.2, 0) is 0 Å². The molecule has 0 fully saturated rings. The highest BCUT2D eigenvalue weighted by molar-refractivity contribution is 7.32. The molecular weight excluding hydrogens is 651 g/mol. The van der Waals surface area contributed by atoms with Crippen molar-refractivity contribution in [1.82, 2.24) is 4.90 Å². The first-order chi connectivity index (χ1) is 22.8. The molecule has 3 aromatic rings. The van der Waals surface area contributed by atoms with E-state index in [0.29, 0.717) is 23.6 Å². The van der Waals surface area contributed by atoms with Crippen LogP contribution in [0.5, 0.6) is 0 Å². The summed E-state index contributed by atoms with van der Waals surface area (Å²) < 4.78 is 0. The van der Waals surface area contributed by atoms with Crippen molar-refractivity contribution < 1.29 is 9.59 Å². The molecule has 0 aromatic carbocycles. The zero-order valence-electron chi connectivity index (χ0n) is 30.2. The van der Waals surface area contributed by atoms with E-state index < -0.39 is 8.07 Å². The van der Waals surface area contributed by atoms with Gasteiger partial charge < -0.3 is 0 Å². The first-order valence-corrected chi connectivity index (χ1v) is 23.9. The molecule has 0 saturated heterocycles. The van der Waals surface area contributed by atoms with Gasteiger partial charge in [-0.25, -0.2) is 0 Å². The lowest BCUT2D eigenvalue weighted by molar-refractivity contribution is 0.0624. The molecule has 47 heavy (non-hydrogen) atoms. The molecule has 0 bridgehead atoms. The van der Waals surface area contributed by atoms with E-state index >= 15 is 0 Å². The molecule has 0 N–H and O–H groups in total. The first kappa shape index (κ1) is 36.7. The zero-order chi connectivity index (χ0) is 33.6. The van der Waals surface area contributed by atoms with Gasteiger partial charge in [0.15, 0.2) is 0 Å². The number of imide groups is 1. The number of carbonyl (C=O) groups excluding carboxylic acids is 2. The maximum atomic E-state index is 14.1. The van der Waals surface area contributed by atoms with Crippen molar-refractivity contribution in [2.75, 3.05) is 6.54 Å². The average molecular weight is 710 g/mol. The minimum atomic E-state index is -1.94. The van der Waals surface area contributed by atoms with Crippen molar-refractivity contribution in [1.29, 1.82) is 0 Å². The molecule has 5 rings (SSSR count). The standard InChI is InChI=1S/C40H59NO2S3Si/c1-7-11-14-16-18-20-23-47(24-21-19-17-15-12-8-2)32-25-28(5)44-37(32)38-33(47)26-31(46-38)36-35-34(29(6)45-36)39(42)41(40(35)43)27-30(10-4)22-13-9-3/h25-26,30H,7-24,27H2,1-6H3. The van der Waals surface area contributed by atoms with Gasteiger partial charge in [-0.3, -0.25) is 14.5 Å². The van der Waals surface area contributed by atoms with Crippen molar-refractivity contribution in [3.05, 3.63) is 33.0 Å². The van der Waals surface area contributed by atoms with Gasteiger partial charge in [0.25, 0.3) is 11.8 Å². The molecule has 3 aromatic heterocycles. The lowest BCUT2D eigenvalue weighted by Crippen LogP contribution is -2.54. The summed E-state index contributed by atoms with van der Waals surface area (Å²) in [5.41, 5.74) is 1.38. The Morgan fingerprint density at radius 1 is 0.638 bits per heavy atom. The van der Waals surface area contributed by atoms with Gasteiger partial charge in [0.1, 0.15) is 8.07 Å². The van der Waals surface area contributed by atoms with Crippen LogP contribution in [0.15, 0.2) is 12.1 Å². The number of thiophene rings is 3. The van der Waals surface area contributed by atoms with E-state index in [0.717, 1.165) is 35.4 Å². The van der Waals surface area contributed by atoms with Gasteiger partial charge in [0.2, 0.25) is 0 Å². The van der Waals surface area contributed by atoms with Crippen molar-refractivity contribution in [3.8, 4) is 19.5 Å². The van der Waals surface area contributed by atoms with Gasteiger partial charge in [-0.05, 0) is 60.8 Å². The Morgan fingerprint density at radius 2 is 1.19 bits per heavy atom. The van der Waals surface area contributed by atoms with E-state index in [1.54, 1.807) is 26.6 Å². The molecule has 7 heteroatoms. The second-order valence-corrected chi connectivity index (χ2v) is 22.2. The highest BCUT2D eigenvalue weighted by atomic mass is 32.1. The summed E-state index contributed by atoms with van der Waals surface area (Å²) in [5, 5.41) is 3.37. The minimum absolute atomic E-state index is 0.0526. The average Bonchev–Trinajstić information content (AvgIpc) is 3.84. The van der Waals surface area contributed by atoms with Crippen molar-refractivity contribution in [2.24, 2.45) is 5.92 Å². The number of hydrogen-bond donors (Lipinski definition) is 0. The van der Waals surface area contributed by atoms with E-state index in [9.17, 15) is 9.59 Å². The third-order valence-corrected chi connectivity index (χ3v) is 20.2. The number of nitrogens with zero attached hydrogens (tertiary/aromatic N) is 1. The lowest BCUT2D eigenvalue weighted by Gasteiger charge is -2.29. The lowest BCUT2D eigenvalue weighted by atomic mass is 9.99. The Morgan fingerprint density at radius 3 is 1.81 bits per heavy atom. The molecule has 2 aliphatic rings. The van der Waals surface area contributed by atoms with E-state index in [2.05, 4.69) is 46.8 Å². The predicted molar refractivity (Wildman–Crippen MR) is 210 cm³/mol. The Hall–Kier alpha value is -1.54. The number of amides is 2. The SMILES string of the molecule is CCCCCCCC[Si]1(CCCCCCCC)c2cc(C)sc2-c2sc(-c3sc(C)c4c3C(=O)N(CC(CC)CCCC)C4=O)cc21. The fourth-order valence-electron chi connectivity index (χ4n) is 8.17. The normalized spacial score (nSPS) is 15.5. The van der Waals surface area contributed by atoms with Crippen LogP contribution in [-0.4, -0.2) is 31.3 Å². The molecule has 2 amide bonds. The smallest absolute Gasteiger partial charge is 0.263 e. The van der Waals surface area contributed by atoms with Gasteiger partial charge >= 0.3 is 0 Å². The summed E-state index contributed by atoms with van der Waals surface area (Å²) >= 11 is 5.60. The molecular formula is C40H59NO2S3Si. The molecule has 0 aliphatic carbocycles. The largest absolute Gasteiger partial charge is 0.274 e. The zero-order valence-corrected chi connectivity index (χ0v) is 33.6. The summed E-state index contributed by atoms with van der Waals surface area (Å²) in [7, 11) is -1.94. The van der Waals surface area contributed by atoms with Crippen LogP contribution < -0.4 is 10.4 Å². The Balaban J connectivity index is 1.48. The van der Waals surface area contributed by atoms with Crippen LogP contribution in [0.4, 0.5) is 0 Å². The van der Waals surface area contributed by atoms with E-state index in [1.807, 2.05) is 29.6 Å². The number of unbranched alkanes of at least 4 members (excludes halogenated alkanes) is 11.